The van der Waals surface area contributed by atoms with Gasteiger partial charge in [0.25, 0.3) is 0 Å². The second-order valence-electron chi connectivity index (χ2n) is 5.05. The van der Waals surface area contributed by atoms with Gasteiger partial charge < -0.3 is 10.2 Å². The van der Waals surface area contributed by atoms with Crippen molar-refractivity contribution in [3.8, 4) is 0 Å². The van der Waals surface area contributed by atoms with Gasteiger partial charge in [-0.3, -0.25) is 0 Å². The Hall–Kier alpha value is -1.69. The van der Waals surface area contributed by atoms with E-state index in [0.29, 0.717) is 12.0 Å². The predicted molar refractivity (Wildman–Crippen MR) is 77.9 cm³/mol. The summed E-state index contributed by atoms with van der Waals surface area (Å²) in [6, 6.07) is 6.43. The lowest BCUT2D eigenvalue weighted by Gasteiger charge is -2.40. The Morgan fingerprint density at radius 3 is 2.84 bits per heavy atom. The Kier molecular flexibility index (Phi) is 3.33. The fraction of sp³-hybridized carbons (Fsp3) is 0.462. The quantitative estimate of drug-likeness (QED) is 0.928. The van der Waals surface area contributed by atoms with Crippen LogP contribution >= 0.6 is 11.5 Å². The second-order valence-corrected chi connectivity index (χ2v) is 5.80. The Bertz CT molecular complexity index is 533. The number of nitrogens with one attached hydrogen (secondary N) is 1. The van der Waals surface area contributed by atoms with Crippen LogP contribution < -0.4 is 10.2 Å². The summed E-state index contributed by atoms with van der Waals surface area (Å²) in [7, 11) is 0. The maximum Gasteiger partial charge on any atom is 0.202 e. The van der Waals surface area contributed by atoms with Crippen molar-refractivity contribution in [2.24, 2.45) is 0 Å². The summed E-state index contributed by atoms with van der Waals surface area (Å²) in [5, 5.41) is 4.35. The van der Waals surface area contributed by atoms with E-state index < -0.39 is 0 Å². The first-order chi connectivity index (χ1) is 9.22. The van der Waals surface area contributed by atoms with Gasteiger partial charge in [0.15, 0.2) is 0 Å². The van der Waals surface area contributed by atoms with Crippen LogP contribution in [0.25, 0.3) is 0 Å². The maximum atomic E-state index is 4.49. The molecule has 0 saturated carbocycles. The lowest BCUT2D eigenvalue weighted by molar-refractivity contribution is 0.544. The van der Waals surface area contributed by atoms with E-state index in [-0.39, 0.29) is 0 Å². The fourth-order valence-electron chi connectivity index (χ4n) is 2.00. The molecule has 6 heteroatoms. The van der Waals surface area contributed by atoms with Gasteiger partial charge >= 0.3 is 0 Å². The molecule has 1 fully saturated rings. The van der Waals surface area contributed by atoms with Gasteiger partial charge in [-0.25, -0.2) is 9.97 Å². The highest BCUT2D eigenvalue weighted by molar-refractivity contribution is 7.09. The zero-order chi connectivity index (χ0) is 13.2. The minimum atomic E-state index is 0.387. The third kappa shape index (κ3) is 2.68. The number of anilines is 2. The number of rotatable bonds is 4. The highest BCUT2D eigenvalue weighted by Gasteiger charge is 2.28. The summed E-state index contributed by atoms with van der Waals surface area (Å²) >= 11 is 1.45. The number of nitrogens with zero attached hydrogens (tertiary/aromatic N) is 4. The largest absolute Gasteiger partial charge is 0.354 e. The molecule has 0 spiro atoms. The summed E-state index contributed by atoms with van der Waals surface area (Å²) in [5.74, 6) is 2.35. The van der Waals surface area contributed by atoms with Crippen molar-refractivity contribution in [1.82, 2.24) is 14.3 Å². The normalized spacial score (nSPS) is 15.6. The maximum absolute atomic E-state index is 4.49. The van der Waals surface area contributed by atoms with E-state index in [9.17, 15) is 0 Å². The lowest BCUT2D eigenvalue weighted by Crippen LogP contribution is -2.55. The average Bonchev–Trinajstić information content (AvgIpc) is 2.83. The van der Waals surface area contributed by atoms with E-state index in [1.807, 2.05) is 24.4 Å². The van der Waals surface area contributed by atoms with Crippen molar-refractivity contribution in [3.05, 3.63) is 30.2 Å². The summed E-state index contributed by atoms with van der Waals surface area (Å²) in [6.45, 7) is 6.15. The monoisotopic (exact) mass is 275 g/mol. The van der Waals surface area contributed by atoms with Crippen molar-refractivity contribution >= 4 is 22.5 Å². The van der Waals surface area contributed by atoms with Gasteiger partial charge in [0.1, 0.15) is 11.6 Å². The second kappa shape index (κ2) is 5.13. The Morgan fingerprint density at radius 2 is 2.21 bits per heavy atom. The molecule has 3 rings (SSSR count). The zero-order valence-corrected chi connectivity index (χ0v) is 11.9. The molecule has 0 atom stereocenters. The van der Waals surface area contributed by atoms with Crippen molar-refractivity contribution in [1.29, 1.82) is 0 Å². The molecule has 2 aromatic rings. The Morgan fingerprint density at radius 1 is 1.37 bits per heavy atom. The van der Waals surface area contributed by atoms with Crippen molar-refractivity contribution in [2.75, 3.05) is 23.3 Å². The SMILES string of the molecule is CC(C)c1nsc(NC2CN(c3ccccn3)C2)n1. The van der Waals surface area contributed by atoms with E-state index in [1.54, 1.807) is 0 Å². The topological polar surface area (TPSA) is 53.9 Å². The highest BCUT2D eigenvalue weighted by atomic mass is 32.1. The molecule has 19 heavy (non-hydrogen) atoms. The lowest BCUT2D eigenvalue weighted by atomic mass is 10.1. The molecule has 1 saturated heterocycles. The van der Waals surface area contributed by atoms with Crippen LogP contribution in [-0.4, -0.2) is 33.5 Å². The summed E-state index contributed by atoms with van der Waals surface area (Å²) in [6.07, 6.45) is 1.83. The third-order valence-electron chi connectivity index (χ3n) is 3.14. The summed E-state index contributed by atoms with van der Waals surface area (Å²) in [5.41, 5.74) is 0. The molecule has 5 nitrogen and oxygen atoms in total. The van der Waals surface area contributed by atoms with E-state index in [4.69, 9.17) is 0 Å². The first-order valence-electron chi connectivity index (χ1n) is 6.48. The van der Waals surface area contributed by atoms with Crippen LogP contribution in [0, 0.1) is 0 Å². The molecule has 3 heterocycles. The third-order valence-corrected chi connectivity index (χ3v) is 3.80. The van der Waals surface area contributed by atoms with Gasteiger partial charge in [-0.1, -0.05) is 19.9 Å². The fourth-order valence-corrected chi connectivity index (χ4v) is 2.79. The molecule has 0 radical (unpaired) electrons. The van der Waals surface area contributed by atoms with Gasteiger partial charge in [-0.05, 0) is 12.1 Å². The molecule has 0 aromatic carbocycles. The summed E-state index contributed by atoms with van der Waals surface area (Å²) in [4.78, 5) is 11.1. The average molecular weight is 275 g/mol. The van der Waals surface area contributed by atoms with Crippen LogP contribution in [0.15, 0.2) is 24.4 Å². The van der Waals surface area contributed by atoms with Gasteiger partial charge in [-0.2, -0.15) is 4.37 Å². The molecule has 1 N–H and O–H groups in total. The van der Waals surface area contributed by atoms with E-state index in [1.165, 1.54) is 11.5 Å². The molecule has 100 valence electrons. The molecule has 1 aliphatic heterocycles. The van der Waals surface area contributed by atoms with Crippen LogP contribution in [-0.2, 0) is 0 Å². The number of pyridine rings is 1. The van der Waals surface area contributed by atoms with Crippen LogP contribution in [0.1, 0.15) is 25.6 Å². The summed E-state index contributed by atoms with van der Waals surface area (Å²) < 4.78 is 4.35. The van der Waals surface area contributed by atoms with Gasteiger partial charge in [0.2, 0.25) is 5.13 Å². The highest BCUT2D eigenvalue weighted by Crippen LogP contribution is 2.23. The van der Waals surface area contributed by atoms with E-state index in [2.05, 4.69) is 38.4 Å². The van der Waals surface area contributed by atoms with E-state index >= 15 is 0 Å². The van der Waals surface area contributed by atoms with Crippen LogP contribution in [0.3, 0.4) is 0 Å². The molecule has 0 amide bonds. The molecule has 0 aliphatic carbocycles. The Labute approximate surface area is 116 Å². The minimum Gasteiger partial charge on any atom is -0.354 e. The molecular weight excluding hydrogens is 258 g/mol. The Balaban J connectivity index is 1.54. The zero-order valence-electron chi connectivity index (χ0n) is 11.1. The minimum absolute atomic E-state index is 0.387. The molecule has 2 aromatic heterocycles. The first-order valence-corrected chi connectivity index (χ1v) is 7.26. The molecular formula is C13H17N5S. The van der Waals surface area contributed by atoms with Gasteiger partial charge in [0, 0.05) is 36.7 Å². The number of hydrogen-bond acceptors (Lipinski definition) is 6. The van der Waals surface area contributed by atoms with Crippen LogP contribution in [0.4, 0.5) is 10.9 Å². The van der Waals surface area contributed by atoms with Crippen molar-refractivity contribution < 1.29 is 0 Å². The standard InChI is InChI=1S/C13H17N5S/c1-9(2)12-16-13(19-17-12)15-10-7-18(8-10)11-5-3-4-6-14-11/h3-6,9-10H,7-8H2,1-2H3,(H,15,16,17). The van der Waals surface area contributed by atoms with Crippen molar-refractivity contribution in [3.63, 3.8) is 0 Å². The molecule has 0 unspecified atom stereocenters. The number of hydrogen-bond donors (Lipinski definition) is 1. The van der Waals surface area contributed by atoms with Crippen LogP contribution in [0.2, 0.25) is 0 Å². The van der Waals surface area contributed by atoms with Crippen molar-refractivity contribution in [2.45, 2.75) is 25.8 Å². The molecule has 1 aliphatic rings. The van der Waals surface area contributed by atoms with Gasteiger partial charge in [0.05, 0.1) is 6.04 Å². The predicted octanol–water partition coefficient (Wildman–Crippen LogP) is 2.36. The van der Waals surface area contributed by atoms with Gasteiger partial charge in [-0.15, -0.1) is 0 Å². The first kappa shape index (κ1) is 12.3. The number of aromatic nitrogens is 3. The van der Waals surface area contributed by atoms with Crippen LogP contribution in [0.5, 0.6) is 0 Å². The molecule has 0 bridgehead atoms. The van der Waals surface area contributed by atoms with E-state index in [0.717, 1.165) is 29.9 Å². The smallest absolute Gasteiger partial charge is 0.202 e.